The second kappa shape index (κ2) is 10.6. The molecule has 8 heteroatoms. The second-order valence-corrected chi connectivity index (χ2v) is 7.84. The third kappa shape index (κ3) is 4.95. The minimum Gasteiger partial charge on any atom is -0.493 e. The van der Waals surface area contributed by atoms with Crippen molar-refractivity contribution in [2.75, 3.05) is 20.8 Å². The third-order valence-corrected chi connectivity index (χ3v) is 5.66. The first-order chi connectivity index (χ1) is 17.4. The van der Waals surface area contributed by atoms with Crippen LogP contribution in [0.2, 0.25) is 0 Å². The summed E-state index contributed by atoms with van der Waals surface area (Å²) in [5.41, 5.74) is 2.49. The molecular formula is C28H22N2O6. The predicted molar refractivity (Wildman–Crippen MR) is 132 cm³/mol. The van der Waals surface area contributed by atoms with E-state index < -0.39 is 17.8 Å². The highest BCUT2D eigenvalue weighted by atomic mass is 16.5. The van der Waals surface area contributed by atoms with Crippen molar-refractivity contribution in [3.63, 3.8) is 0 Å². The molecule has 0 saturated carbocycles. The molecule has 1 heterocycles. The van der Waals surface area contributed by atoms with E-state index in [4.69, 9.17) is 14.2 Å². The summed E-state index contributed by atoms with van der Waals surface area (Å²) >= 11 is 0. The number of esters is 1. The Hall–Kier alpha value is -4.90. The van der Waals surface area contributed by atoms with Crippen molar-refractivity contribution in [3.05, 3.63) is 89.0 Å². The van der Waals surface area contributed by atoms with Crippen LogP contribution in [0, 0.1) is 11.3 Å². The summed E-state index contributed by atoms with van der Waals surface area (Å²) in [6.07, 6.45) is 1.57. The minimum atomic E-state index is -0.571. The number of hydrogen-bond donors (Lipinski definition) is 0. The lowest BCUT2D eigenvalue weighted by molar-refractivity contribution is -0.134. The summed E-state index contributed by atoms with van der Waals surface area (Å²) in [6, 6.07) is 20.6. The molecule has 0 aromatic heterocycles. The van der Waals surface area contributed by atoms with Crippen LogP contribution in [0.5, 0.6) is 17.2 Å². The van der Waals surface area contributed by atoms with E-state index in [1.165, 1.54) is 14.2 Å². The van der Waals surface area contributed by atoms with Crippen LogP contribution in [0.4, 0.5) is 0 Å². The number of nitrogens with zero attached hydrogens (tertiary/aromatic N) is 2. The second-order valence-electron chi connectivity index (χ2n) is 7.84. The van der Waals surface area contributed by atoms with E-state index in [-0.39, 0.29) is 13.0 Å². The number of carbonyl (C=O) groups is 3. The molecule has 0 saturated heterocycles. The fourth-order valence-electron chi connectivity index (χ4n) is 3.81. The molecule has 2 amide bonds. The number of fused-ring (bicyclic) bond motifs is 1. The molecule has 1 aliphatic rings. The first-order valence-electron chi connectivity index (χ1n) is 11.1. The molecule has 0 N–H and O–H groups in total. The van der Waals surface area contributed by atoms with Gasteiger partial charge in [-0.05, 0) is 59.7 Å². The van der Waals surface area contributed by atoms with Gasteiger partial charge in [0.25, 0.3) is 11.8 Å². The lowest BCUT2D eigenvalue weighted by Crippen LogP contribution is -2.32. The average Bonchev–Trinajstić information content (AvgIpc) is 3.15. The molecule has 0 atom stereocenters. The fraction of sp³-hybridized carbons (Fsp3) is 0.143. The van der Waals surface area contributed by atoms with Gasteiger partial charge < -0.3 is 14.2 Å². The van der Waals surface area contributed by atoms with Crippen molar-refractivity contribution in [2.24, 2.45) is 0 Å². The Balaban J connectivity index is 1.38. The monoisotopic (exact) mass is 482 g/mol. The van der Waals surface area contributed by atoms with Gasteiger partial charge in [0.05, 0.1) is 43.4 Å². The summed E-state index contributed by atoms with van der Waals surface area (Å²) < 4.78 is 15.9. The molecule has 0 aliphatic carbocycles. The van der Waals surface area contributed by atoms with Crippen LogP contribution in [-0.2, 0) is 4.79 Å². The van der Waals surface area contributed by atoms with Crippen molar-refractivity contribution in [3.8, 4) is 23.3 Å². The van der Waals surface area contributed by atoms with Crippen LogP contribution in [0.1, 0.15) is 38.3 Å². The maximum Gasteiger partial charge on any atom is 0.312 e. The number of nitriles is 1. The number of benzene rings is 3. The van der Waals surface area contributed by atoms with Gasteiger partial charge in [0.2, 0.25) is 0 Å². The van der Waals surface area contributed by atoms with Crippen LogP contribution in [0.3, 0.4) is 0 Å². The van der Waals surface area contributed by atoms with Gasteiger partial charge in [-0.2, -0.15) is 5.26 Å². The highest BCUT2D eigenvalue weighted by Gasteiger charge is 2.35. The molecule has 1 aliphatic heterocycles. The highest BCUT2D eigenvalue weighted by molar-refractivity contribution is 6.21. The SMILES string of the molecule is COc1ccc(/C(C#N)=C\c2ccc(OC(=O)CCN3C(=O)c4ccccc4C3=O)cc2)cc1OC. The standard InChI is InChI=1S/C28H22N2O6/c1-34-24-12-9-19(16-25(24)35-2)20(17-29)15-18-7-10-21(11-8-18)36-26(31)13-14-30-27(32)22-5-3-4-6-23(22)28(30)33/h3-12,15-16H,13-14H2,1-2H3/b20-15-. The van der Waals surface area contributed by atoms with Gasteiger partial charge in [0, 0.05) is 6.54 Å². The van der Waals surface area contributed by atoms with Crippen molar-refractivity contribution in [2.45, 2.75) is 6.42 Å². The van der Waals surface area contributed by atoms with Gasteiger partial charge in [0.15, 0.2) is 11.5 Å². The Bertz CT molecular complexity index is 1370. The van der Waals surface area contributed by atoms with Crippen LogP contribution in [0.25, 0.3) is 11.6 Å². The zero-order valence-corrected chi connectivity index (χ0v) is 19.7. The Labute approximate surface area is 207 Å². The Kier molecular flexibility index (Phi) is 7.12. The molecule has 3 aromatic rings. The number of allylic oxidation sites excluding steroid dienone is 1. The van der Waals surface area contributed by atoms with E-state index in [1.807, 2.05) is 0 Å². The Morgan fingerprint density at radius 1 is 0.917 bits per heavy atom. The number of methoxy groups -OCH3 is 2. The van der Waals surface area contributed by atoms with E-state index >= 15 is 0 Å². The van der Waals surface area contributed by atoms with Crippen LogP contribution in [0.15, 0.2) is 66.7 Å². The number of rotatable bonds is 8. The molecule has 0 unspecified atom stereocenters. The van der Waals surface area contributed by atoms with E-state index in [0.717, 1.165) is 10.5 Å². The molecule has 8 nitrogen and oxygen atoms in total. The van der Waals surface area contributed by atoms with Crippen LogP contribution >= 0.6 is 0 Å². The fourth-order valence-corrected chi connectivity index (χ4v) is 3.81. The van der Waals surface area contributed by atoms with Gasteiger partial charge in [-0.3, -0.25) is 19.3 Å². The summed E-state index contributed by atoms with van der Waals surface area (Å²) in [4.78, 5) is 38.2. The van der Waals surface area contributed by atoms with Crippen LogP contribution in [-0.4, -0.2) is 43.4 Å². The van der Waals surface area contributed by atoms with Gasteiger partial charge in [-0.25, -0.2) is 0 Å². The predicted octanol–water partition coefficient (Wildman–Crippen LogP) is 4.36. The van der Waals surface area contributed by atoms with Crippen LogP contribution < -0.4 is 14.2 Å². The molecular weight excluding hydrogens is 460 g/mol. The van der Waals surface area contributed by atoms with E-state index in [9.17, 15) is 19.6 Å². The lowest BCUT2D eigenvalue weighted by Gasteiger charge is -2.13. The van der Waals surface area contributed by atoms with Gasteiger partial charge in [-0.15, -0.1) is 0 Å². The zero-order chi connectivity index (χ0) is 25.7. The van der Waals surface area contributed by atoms with Crippen molar-refractivity contribution < 1.29 is 28.6 Å². The Morgan fingerprint density at radius 3 is 2.14 bits per heavy atom. The van der Waals surface area contributed by atoms with Gasteiger partial charge >= 0.3 is 5.97 Å². The maximum atomic E-state index is 12.4. The summed E-state index contributed by atoms with van der Waals surface area (Å²) in [7, 11) is 3.06. The van der Waals surface area contributed by atoms with E-state index in [2.05, 4.69) is 6.07 Å². The van der Waals surface area contributed by atoms with Gasteiger partial charge in [0.1, 0.15) is 5.75 Å². The molecule has 4 rings (SSSR count). The molecule has 0 fully saturated rings. The zero-order valence-electron chi connectivity index (χ0n) is 19.7. The van der Waals surface area contributed by atoms with Crippen molar-refractivity contribution in [1.82, 2.24) is 4.90 Å². The number of amides is 2. The Morgan fingerprint density at radius 2 is 1.56 bits per heavy atom. The number of ether oxygens (including phenoxy) is 3. The smallest absolute Gasteiger partial charge is 0.312 e. The lowest BCUT2D eigenvalue weighted by atomic mass is 10.0. The largest absolute Gasteiger partial charge is 0.493 e. The average molecular weight is 482 g/mol. The van der Waals surface area contributed by atoms with E-state index in [1.54, 1.807) is 72.8 Å². The topological polar surface area (TPSA) is 106 Å². The minimum absolute atomic E-state index is 0.0666. The summed E-state index contributed by atoms with van der Waals surface area (Å²) in [6.45, 7) is -0.0666. The normalized spacial score (nSPS) is 12.7. The maximum absolute atomic E-state index is 12.4. The van der Waals surface area contributed by atoms with Gasteiger partial charge in [-0.1, -0.05) is 24.3 Å². The summed E-state index contributed by atoms with van der Waals surface area (Å²) in [5, 5.41) is 9.64. The molecule has 0 bridgehead atoms. The number of hydrogen-bond acceptors (Lipinski definition) is 7. The summed E-state index contributed by atoms with van der Waals surface area (Å²) in [5.74, 6) is -0.0148. The first kappa shape index (κ1) is 24.2. The number of carbonyl (C=O) groups excluding carboxylic acids is 3. The molecule has 0 spiro atoms. The van der Waals surface area contributed by atoms with Crippen molar-refractivity contribution >= 4 is 29.4 Å². The van der Waals surface area contributed by atoms with E-state index in [0.29, 0.717) is 39.5 Å². The third-order valence-electron chi connectivity index (χ3n) is 5.66. The number of imide groups is 1. The van der Waals surface area contributed by atoms with Crippen molar-refractivity contribution in [1.29, 1.82) is 5.26 Å². The molecule has 3 aromatic carbocycles. The first-order valence-corrected chi connectivity index (χ1v) is 11.1. The molecule has 0 radical (unpaired) electrons. The molecule has 180 valence electrons. The highest BCUT2D eigenvalue weighted by Crippen LogP contribution is 2.31. The quantitative estimate of drug-likeness (QED) is 0.154. The molecule has 36 heavy (non-hydrogen) atoms.